The molecule has 3 heterocycles. The lowest BCUT2D eigenvalue weighted by Gasteiger charge is -2.07. The van der Waals surface area contributed by atoms with Gasteiger partial charge in [0.1, 0.15) is 11.4 Å². The Labute approximate surface area is 151 Å². The van der Waals surface area contributed by atoms with Gasteiger partial charge in [0.25, 0.3) is 0 Å². The van der Waals surface area contributed by atoms with Gasteiger partial charge in [-0.15, -0.1) is 0 Å². The van der Waals surface area contributed by atoms with Crippen LogP contribution in [-0.4, -0.2) is 39.3 Å². The molecule has 1 N–H and O–H groups in total. The number of nitrogens with one attached hydrogen (secondary N) is 1. The zero-order valence-corrected chi connectivity index (χ0v) is 14.5. The van der Waals surface area contributed by atoms with Gasteiger partial charge in [0.2, 0.25) is 0 Å². The fourth-order valence-corrected chi connectivity index (χ4v) is 2.40. The van der Waals surface area contributed by atoms with E-state index in [-0.39, 0.29) is 0 Å². The number of carbonyl (C=O) groups is 1. The van der Waals surface area contributed by atoms with Crippen molar-refractivity contribution < 1.29 is 14.3 Å². The van der Waals surface area contributed by atoms with E-state index in [0.717, 1.165) is 23.5 Å². The van der Waals surface area contributed by atoms with Crippen LogP contribution >= 0.6 is 0 Å². The molecular formula is C19H20N4O3. The quantitative estimate of drug-likeness (QED) is 0.495. The molecule has 0 unspecified atom stereocenters. The molecule has 3 aromatic heterocycles. The lowest BCUT2D eigenvalue weighted by Crippen LogP contribution is -2.08. The number of esters is 1. The first kappa shape index (κ1) is 17.6. The van der Waals surface area contributed by atoms with Gasteiger partial charge in [-0.1, -0.05) is 6.07 Å². The van der Waals surface area contributed by atoms with E-state index in [2.05, 4.69) is 20.2 Å². The van der Waals surface area contributed by atoms with Gasteiger partial charge < -0.3 is 9.47 Å². The Bertz CT molecular complexity index is 832. The van der Waals surface area contributed by atoms with E-state index in [9.17, 15) is 4.79 Å². The van der Waals surface area contributed by atoms with Crippen LogP contribution in [0.5, 0.6) is 5.75 Å². The second kappa shape index (κ2) is 8.75. The van der Waals surface area contributed by atoms with Gasteiger partial charge in [-0.25, -0.2) is 9.78 Å². The van der Waals surface area contributed by atoms with Crippen molar-refractivity contribution in [2.45, 2.75) is 19.8 Å². The minimum absolute atomic E-state index is 0.337. The fourth-order valence-electron chi connectivity index (χ4n) is 2.40. The molecule has 0 saturated carbocycles. The third-order valence-corrected chi connectivity index (χ3v) is 3.65. The standard InChI is InChI=1S/C19H20N4O3/c1-2-25-19(24)18-7-3-5-14(22-18)6-4-12-26-15-8-9-16(20-13-15)17-10-11-21-23-17/h3,5,7-11,13H,2,4,6,12H2,1H3,(H,21,23). The molecule has 0 aromatic carbocycles. The van der Waals surface area contributed by atoms with E-state index >= 15 is 0 Å². The van der Waals surface area contributed by atoms with Gasteiger partial charge in [0.15, 0.2) is 0 Å². The summed E-state index contributed by atoms with van der Waals surface area (Å²) in [5.74, 6) is 0.315. The molecule has 0 bridgehead atoms. The van der Waals surface area contributed by atoms with E-state index < -0.39 is 5.97 Å². The van der Waals surface area contributed by atoms with Gasteiger partial charge >= 0.3 is 5.97 Å². The predicted octanol–water partition coefficient (Wildman–Crippen LogP) is 3.06. The molecule has 0 amide bonds. The van der Waals surface area contributed by atoms with Crippen molar-refractivity contribution in [2.75, 3.05) is 13.2 Å². The molecule has 0 aliphatic rings. The predicted molar refractivity (Wildman–Crippen MR) is 95.8 cm³/mol. The molecule has 26 heavy (non-hydrogen) atoms. The maximum Gasteiger partial charge on any atom is 0.356 e. The zero-order valence-electron chi connectivity index (χ0n) is 14.5. The van der Waals surface area contributed by atoms with Crippen LogP contribution in [0.15, 0.2) is 48.8 Å². The van der Waals surface area contributed by atoms with Crippen LogP contribution in [0, 0.1) is 0 Å². The highest BCUT2D eigenvalue weighted by Gasteiger charge is 2.08. The average Bonchev–Trinajstić information content (AvgIpc) is 3.21. The van der Waals surface area contributed by atoms with Crippen molar-refractivity contribution in [1.29, 1.82) is 0 Å². The van der Waals surface area contributed by atoms with Crippen molar-refractivity contribution in [1.82, 2.24) is 20.2 Å². The minimum atomic E-state index is -0.394. The topological polar surface area (TPSA) is 90.0 Å². The number of aromatic nitrogens is 4. The van der Waals surface area contributed by atoms with Crippen LogP contribution in [0.3, 0.4) is 0 Å². The average molecular weight is 352 g/mol. The molecule has 7 heteroatoms. The third kappa shape index (κ3) is 4.66. The van der Waals surface area contributed by atoms with Crippen molar-refractivity contribution in [3.63, 3.8) is 0 Å². The lowest BCUT2D eigenvalue weighted by molar-refractivity contribution is 0.0519. The normalized spacial score (nSPS) is 10.5. The number of aromatic amines is 1. The summed E-state index contributed by atoms with van der Waals surface area (Å²) in [6.07, 6.45) is 4.87. The van der Waals surface area contributed by atoms with Crippen LogP contribution in [-0.2, 0) is 11.2 Å². The Hall–Kier alpha value is -3.22. The fraction of sp³-hybridized carbons (Fsp3) is 0.263. The summed E-state index contributed by atoms with van der Waals surface area (Å²) in [7, 11) is 0. The maximum absolute atomic E-state index is 11.7. The molecule has 0 radical (unpaired) electrons. The Morgan fingerprint density at radius 2 is 2.12 bits per heavy atom. The van der Waals surface area contributed by atoms with Crippen molar-refractivity contribution in [3.05, 3.63) is 60.2 Å². The Kier molecular flexibility index (Phi) is 5.92. The SMILES string of the molecule is CCOC(=O)c1cccc(CCCOc2ccc(-c3ccn[nH]3)nc2)n1. The summed E-state index contributed by atoms with van der Waals surface area (Å²) < 4.78 is 10.7. The number of ether oxygens (including phenoxy) is 2. The van der Waals surface area contributed by atoms with Crippen molar-refractivity contribution >= 4 is 5.97 Å². The van der Waals surface area contributed by atoms with E-state index in [1.165, 1.54) is 0 Å². The summed E-state index contributed by atoms with van der Waals surface area (Å²) in [4.78, 5) is 20.4. The van der Waals surface area contributed by atoms with Gasteiger partial charge in [0, 0.05) is 11.9 Å². The van der Waals surface area contributed by atoms with E-state index in [0.29, 0.717) is 31.1 Å². The number of aryl methyl sites for hydroxylation is 1. The third-order valence-electron chi connectivity index (χ3n) is 3.65. The molecule has 134 valence electrons. The summed E-state index contributed by atoms with van der Waals surface area (Å²) in [6, 6.07) is 11.0. The van der Waals surface area contributed by atoms with Gasteiger partial charge in [-0.05, 0) is 50.1 Å². The first-order valence-corrected chi connectivity index (χ1v) is 8.48. The van der Waals surface area contributed by atoms with Crippen LogP contribution < -0.4 is 4.74 Å². The van der Waals surface area contributed by atoms with E-state index in [4.69, 9.17) is 9.47 Å². The monoisotopic (exact) mass is 352 g/mol. The number of carbonyl (C=O) groups excluding carboxylic acids is 1. The zero-order chi connectivity index (χ0) is 18.2. The van der Waals surface area contributed by atoms with Gasteiger partial charge in [-0.2, -0.15) is 5.10 Å². The highest BCUT2D eigenvalue weighted by molar-refractivity contribution is 5.87. The number of hydrogen-bond acceptors (Lipinski definition) is 6. The van der Waals surface area contributed by atoms with Crippen molar-refractivity contribution in [2.24, 2.45) is 0 Å². The molecule has 0 fully saturated rings. The van der Waals surface area contributed by atoms with Gasteiger partial charge in [0.05, 0.1) is 30.8 Å². The first-order chi connectivity index (χ1) is 12.8. The number of pyridine rings is 2. The van der Waals surface area contributed by atoms with Crippen LogP contribution in [0.25, 0.3) is 11.4 Å². The molecule has 0 spiro atoms. The smallest absolute Gasteiger partial charge is 0.356 e. The van der Waals surface area contributed by atoms with Crippen molar-refractivity contribution in [3.8, 4) is 17.1 Å². The number of H-pyrrole nitrogens is 1. The van der Waals surface area contributed by atoms with Gasteiger partial charge in [-0.3, -0.25) is 10.1 Å². The molecule has 0 saturated heterocycles. The highest BCUT2D eigenvalue weighted by Crippen LogP contribution is 2.17. The summed E-state index contributed by atoms with van der Waals surface area (Å²) >= 11 is 0. The largest absolute Gasteiger partial charge is 0.492 e. The highest BCUT2D eigenvalue weighted by atomic mass is 16.5. The Morgan fingerprint density at radius 3 is 2.85 bits per heavy atom. The van der Waals surface area contributed by atoms with E-state index in [1.807, 2.05) is 30.3 Å². The Balaban J connectivity index is 1.47. The van der Waals surface area contributed by atoms with Crippen LogP contribution in [0.1, 0.15) is 29.5 Å². The molecular weight excluding hydrogens is 332 g/mol. The summed E-state index contributed by atoms with van der Waals surface area (Å²) in [6.45, 7) is 2.65. The molecule has 7 nitrogen and oxygen atoms in total. The lowest BCUT2D eigenvalue weighted by atomic mass is 10.2. The summed E-state index contributed by atoms with van der Waals surface area (Å²) in [5.41, 5.74) is 2.86. The molecule has 0 atom stereocenters. The summed E-state index contributed by atoms with van der Waals surface area (Å²) in [5, 5.41) is 6.78. The first-order valence-electron chi connectivity index (χ1n) is 8.48. The van der Waals surface area contributed by atoms with Crippen LogP contribution in [0.4, 0.5) is 0 Å². The van der Waals surface area contributed by atoms with Crippen LogP contribution in [0.2, 0.25) is 0 Å². The van der Waals surface area contributed by atoms with E-state index in [1.54, 1.807) is 25.4 Å². The molecule has 0 aliphatic heterocycles. The second-order valence-electron chi connectivity index (χ2n) is 5.54. The number of nitrogens with zero attached hydrogens (tertiary/aromatic N) is 3. The Morgan fingerprint density at radius 1 is 1.19 bits per heavy atom. The maximum atomic E-state index is 11.7. The minimum Gasteiger partial charge on any atom is -0.492 e. The number of rotatable bonds is 8. The second-order valence-corrected chi connectivity index (χ2v) is 5.54. The molecule has 3 aromatic rings. The number of hydrogen-bond donors (Lipinski definition) is 1. The molecule has 0 aliphatic carbocycles. The molecule has 3 rings (SSSR count).